The summed E-state index contributed by atoms with van der Waals surface area (Å²) in [5.41, 5.74) is 5.04. The Bertz CT molecular complexity index is 1670. The number of benzene rings is 5. The first-order valence-corrected chi connectivity index (χ1v) is 16.7. The first-order chi connectivity index (χ1) is 24.2. The van der Waals surface area contributed by atoms with Crippen LogP contribution in [0.25, 0.3) is 0 Å². The summed E-state index contributed by atoms with van der Waals surface area (Å²) in [5, 5.41) is 0. The van der Waals surface area contributed by atoms with E-state index in [-0.39, 0.29) is 6.61 Å². The molecular formula is C42H44O7. The Morgan fingerprint density at radius 3 is 1.45 bits per heavy atom. The van der Waals surface area contributed by atoms with E-state index in [1.165, 1.54) is 0 Å². The molecule has 7 heteroatoms. The zero-order valence-corrected chi connectivity index (χ0v) is 28.1. The van der Waals surface area contributed by atoms with Gasteiger partial charge in [0.05, 0.1) is 47.3 Å². The lowest BCUT2D eigenvalue weighted by Crippen LogP contribution is -2.58. The Morgan fingerprint density at radius 1 is 0.490 bits per heavy atom. The molecule has 0 aromatic heterocycles. The van der Waals surface area contributed by atoms with Gasteiger partial charge >= 0.3 is 0 Å². The highest BCUT2D eigenvalue weighted by Crippen LogP contribution is 2.42. The van der Waals surface area contributed by atoms with Crippen LogP contribution in [-0.2, 0) is 50.1 Å². The van der Waals surface area contributed by atoms with E-state index in [4.69, 9.17) is 33.2 Å². The first kappa shape index (κ1) is 34.4. The molecule has 0 bridgehead atoms. The van der Waals surface area contributed by atoms with E-state index in [9.17, 15) is 0 Å². The van der Waals surface area contributed by atoms with Gasteiger partial charge in [-0.2, -0.15) is 0 Å². The SMILES string of the molecule is COc1ccc([C@H]2O[C@H](COCc3ccccc3)[C@@H](OCc3ccccc3)[C@H](OCc3ccccc3)[C@@H]2OCc2ccccc2)c(OC)c1. The Kier molecular flexibility index (Phi) is 12.5. The summed E-state index contributed by atoms with van der Waals surface area (Å²) in [6, 6.07) is 46.3. The molecule has 0 spiro atoms. The summed E-state index contributed by atoms with van der Waals surface area (Å²) in [7, 11) is 3.29. The van der Waals surface area contributed by atoms with Crippen molar-refractivity contribution in [1.82, 2.24) is 0 Å². The molecule has 0 aliphatic carbocycles. The van der Waals surface area contributed by atoms with E-state index in [2.05, 4.69) is 48.5 Å². The number of hydrogen-bond acceptors (Lipinski definition) is 7. The zero-order valence-electron chi connectivity index (χ0n) is 28.1. The van der Waals surface area contributed by atoms with E-state index in [1.807, 2.05) is 91.0 Å². The maximum Gasteiger partial charge on any atom is 0.128 e. The van der Waals surface area contributed by atoms with E-state index in [1.54, 1.807) is 14.2 Å². The van der Waals surface area contributed by atoms with Gasteiger partial charge in [0.1, 0.15) is 42.0 Å². The van der Waals surface area contributed by atoms with Crippen LogP contribution < -0.4 is 9.47 Å². The van der Waals surface area contributed by atoms with Gasteiger partial charge in [-0.05, 0) is 34.4 Å². The van der Waals surface area contributed by atoms with Crippen molar-refractivity contribution in [2.24, 2.45) is 0 Å². The monoisotopic (exact) mass is 660 g/mol. The Hall–Kier alpha value is -4.50. The van der Waals surface area contributed by atoms with Crippen molar-refractivity contribution >= 4 is 0 Å². The average molecular weight is 661 g/mol. The molecule has 0 unspecified atom stereocenters. The van der Waals surface area contributed by atoms with Crippen molar-refractivity contribution < 1.29 is 33.2 Å². The normalized spacial score (nSPS) is 20.5. The molecule has 1 aliphatic rings. The standard InChI is InChI=1S/C42H44O7/c1-43-35-23-24-36(37(25-35)44-2)39-41(47-28-33-19-11-5-12-20-33)42(48-29-34-21-13-6-14-22-34)40(46-27-32-17-9-4-10-18-32)38(49-39)30-45-26-31-15-7-3-8-16-31/h3-25,38-42H,26-30H2,1-2H3/t38-,39-,40-,41-,42+/m1/s1. The van der Waals surface area contributed by atoms with Gasteiger partial charge in [-0.15, -0.1) is 0 Å². The predicted octanol–water partition coefficient (Wildman–Crippen LogP) is 8.12. The third-order valence-corrected chi connectivity index (χ3v) is 8.63. The highest BCUT2D eigenvalue weighted by Gasteiger charge is 2.49. The molecule has 49 heavy (non-hydrogen) atoms. The van der Waals surface area contributed by atoms with E-state index >= 15 is 0 Å². The summed E-state index contributed by atoms with van der Waals surface area (Å²) in [4.78, 5) is 0. The van der Waals surface area contributed by atoms with Crippen LogP contribution in [0.1, 0.15) is 33.9 Å². The first-order valence-electron chi connectivity index (χ1n) is 16.7. The molecule has 1 saturated heterocycles. The second kappa shape index (κ2) is 17.8. The quantitative estimate of drug-likeness (QED) is 0.106. The molecular weight excluding hydrogens is 616 g/mol. The van der Waals surface area contributed by atoms with E-state index in [0.717, 1.165) is 27.8 Å². The highest BCUT2D eigenvalue weighted by atomic mass is 16.6. The van der Waals surface area contributed by atoms with Crippen LogP contribution >= 0.6 is 0 Å². The lowest BCUT2D eigenvalue weighted by atomic mass is 9.89. The Labute approximate surface area is 289 Å². The lowest BCUT2D eigenvalue weighted by molar-refractivity contribution is -0.275. The van der Waals surface area contributed by atoms with Crippen molar-refractivity contribution in [1.29, 1.82) is 0 Å². The molecule has 0 saturated carbocycles. The molecule has 5 atom stereocenters. The summed E-state index contributed by atoms with van der Waals surface area (Å²) < 4.78 is 45.3. The molecule has 0 radical (unpaired) electrons. The van der Waals surface area contributed by atoms with Gasteiger partial charge in [0.2, 0.25) is 0 Å². The maximum atomic E-state index is 7.04. The van der Waals surface area contributed by atoms with Gasteiger partial charge in [0.15, 0.2) is 0 Å². The Morgan fingerprint density at radius 2 is 0.959 bits per heavy atom. The van der Waals surface area contributed by atoms with E-state index < -0.39 is 30.5 Å². The molecule has 6 rings (SSSR count). The second-order valence-electron chi connectivity index (χ2n) is 12.0. The number of hydrogen-bond donors (Lipinski definition) is 0. The molecule has 1 aliphatic heterocycles. The topological polar surface area (TPSA) is 64.6 Å². The number of methoxy groups -OCH3 is 2. The number of rotatable bonds is 16. The van der Waals surface area contributed by atoms with E-state index in [0.29, 0.717) is 37.9 Å². The molecule has 254 valence electrons. The van der Waals surface area contributed by atoms with Gasteiger partial charge in [0.25, 0.3) is 0 Å². The smallest absolute Gasteiger partial charge is 0.128 e. The summed E-state index contributed by atoms with van der Waals surface area (Å²) in [5.74, 6) is 1.31. The minimum atomic E-state index is -0.577. The fourth-order valence-electron chi connectivity index (χ4n) is 6.09. The molecule has 0 amide bonds. The van der Waals surface area contributed by atoms with Crippen molar-refractivity contribution in [2.75, 3.05) is 20.8 Å². The van der Waals surface area contributed by atoms with Crippen molar-refractivity contribution in [3.8, 4) is 11.5 Å². The van der Waals surface area contributed by atoms with Gasteiger partial charge in [-0.1, -0.05) is 121 Å². The van der Waals surface area contributed by atoms with Crippen LogP contribution in [0.15, 0.2) is 140 Å². The molecule has 7 nitrogen and oxygen atoms in total. The van der Waals surface area contributed by atoms with Crippen molar-refractivity contribution in [3.63, 3.8) is 0 Å². The maximum absolute atomic E-state index is 7.04. The van der Waals surface area contributed by atoms with Gasteiger partial charge in [-0.25, -0.2) is 0 Å². The average Bonchev–Trinajstić information content (AvgIpc) is 3.17. The summed E-state index contributed by atoms with van der Waals surface area (Å²) >= 11 is 0. The van der Waals surface area contributed by atoms with Crippen LogP contribution in [0.5, 0.6) is 11.5 Å². The van der Waals surface area contributed by atoms with Crippen LogP contribution in [0, 0.1) is 0 Å². The third-order valence-electron chi connectivity index (χ3n) is 8.63. The fraction of sp³-hybridized carbons (Fsp3) is 0.286. The molecule has 1 heterocycles. The molecule has 0 N–H and O–H groups in total. The second-order valence-corrected chi connectivity index (χ2v) is 12.0. The Balaban J connectivity index is 1.38. The molecule has 5 aromatic carbocycles. The largest absolute Gasteiger partial charge is 0.497 e. The fourth-order valence-corrected chi connectivity index (χ4v) is 6.09. The summed E-state index contributed by atoms with van der Waals surface area (Å²) in [6.45, 7) is 1.81. The van der Waals surface area contributed by atoms with Crippen molar-refractivity contribution in [2.45, 2.75) is 56.9 Å². The predicted molar refractivity (Wildman–Crippen MR) is 188 cm³/mol. The lowest BCUT2D eigenvalue weighted by Gasteiger charge is -2.46. The minimum Gasteiger partial charge on any atom is -0.497 e. The molecule has 1 fully saturated rings. The molecule has 5 aromatic rings. The number of ether oxygens (including phenoxy) is 7. The van der Waals surface area contributed by atoms with Crippen molar-refractivity contribution in [3.05, 3.63) is 167 Å². The summed E-state index contributed by atoms with van der Waals surface area (Å²) in [6.07, 6.45) is -2.71. The third kappa shape index (κ3) is 9.35. The van der Waals surface area contributed by atoms with Crippen LogP contribution in [0.2, 0.25) is 0 Å². The van der Waals surface area contributed by atoms with Crippen LogP contribution in [0.3, 0.4) is 0 Å². The van der Waals surface area contributed by atoms with Crippen LogP contribution in [-0.4, -0.2) is 45.2 Å². The van der Waals surface area contributed by atoms with Crippen LogP contribution in [0.4, 0.5) is 0 Å². The van der Waals surface area contributed by atoms with Gasteiger partial charge in [-0.3, -0.25) is 0 Å². The minimum absolute atomic E-state index is 0.278. The highest BCUT2D eigenvalue weighted by molar-refractivity contribution is 5.43. The van der Waals surface area contributed by atoms with Gasteiger partial charge in [0, 0.05) is 11.6 Å². The van der Waals surface area contributed by atoms with Gasteiger partial charge < -0.3 is 33.2 Å². The zero-order chi connectivity index (χ0) is 33.7.